The number of amides is 1. The summed E-state index contributed by atoms with van der Waals surface area (Å²) in [6.07, 6.45) is 12.5. The monoisotopic (exact) mass is 397 g/mol. The summed E-state index contributed by atoms with van der Waals surface area (Å²) in [6.45, 7) is 4.32. The molecule has 4 heterocycles. The van der Waals surface area contributed by atoms with Crippen molar-refractivity contribution in [3.63, 3.8) is 0 Å². The second kappa shape index (κ2) is 9.50. The molecule has 7 heteroatoms. The summed E-state index contributed by atoms with van der Waals surface area (Å²) in [7, 11) is 1.92. The highest BCUT2D eigenvalue weighted by molar-refractivity contribution is 5.77. The van der Waals surface area contributed by atoms with Crippen molar-refractivity contribution in [1.82, 2.24) is 24.6 Å². The number of aromatic nitrogens is 3. The number of carbonyl (C=O) groups is 1. The molecule has 0 spiro atoms. The van der Waals surface area contributed by atoms with Gasteiger partial charge in [0.05, 0.1) is 24.9 Å². The molecular weight excluding hydrogens is 366 g/mol. The largest absolute Gasteiger partial charge is 0.373 e. The fourth-order valence-corrected chi connectivity index (χ4v) is 4.49. The Morgan fingerprint density at radius 1 is 1.21 bits per heavy atom. The topological polar surface area (TPSA) is 63.5 Å². The number of hydrogen-bond donors (Lipinski definition) is 0. The van der Waals surface area contributed by atoms with Gasteiger partial charge in [0, 0.05) is 50.7 Å². The number of piperidine rings is 1. The molecule has 2 aromatic heterocycles. The molecule has 7 nitrogen and oxygen atoms in total. The number of rotatable bonds is 6. The van der Waals surface area contributed by atoms with Crippen molar-refractivity contribution in [3.05, 3.63) is 48.0 Å². The highest BCUT2D eigenvalue weighted by Gasteiger charge is 2.37. The minimum Gasteiger partial charge on any atom is -0.373 e. The average Bonchev–Trinajstić information content (AvgIpc) is 3.19. The van der Waals surface area contributed by atoms with E-state index in [1.807, 2.05) is 42.7 Å². The van der Waals surface area contributed by atoms with Crippen molar-refractivity contribution in [2.45, 2.75) is 44.2 Å². The van der Waals surface area contributed by atoms with Crippen molar-refractivity contribution in [2.24, 2.45) is 7.05 Å². The van der Waals surface area contributed by atoms with Crippen LogP contribution in [0.4, 0.5) is 0 Å². The van der Waals surface area contributed by atoms with Crippen LogP contribution in [0.15, 0.2) is 36.9 Å². The molecule has 2 fully saturated rings. The third-order valence-electron chi connectivity index (χ3n) is 5.98. The van der Waals surface area contributed by atoms with Gasteiger partial charge in [0.25, 0.3) is 0 Å². The number of hydrogen-bond acceptors (Lipinski definition) is 5. The lowest BCUT2D eigenvalue weighted by atomic mass is 9.98. The van der Waals surface area contributed by atoms with Crippen LogP contribution in [0.25, 0.3) is 0 Å². The van der Waals surface area contributed by atoms with E-state index in [-0.39, 0.29) is 18.1 Å². The zero-order chi connectivity index (χ0) is 20.1. The van der Waals surface area contributed by atoms with E-state index < -0.39 is 0 Å². The van der Waals surface area contributed by atoms with Crippen molar-refractivity contribution in [1.29, 1.82) is 0 Å². The Hall–Kier alpha value is -2.25. The van der Waals surface area contributed by atoms with E-state index in [1.165, 1.54) is 19.3 Å². The normalized spacial score (nSPS) is 23.3. The van der Waals surface area contributed by atoms with Crippen LogP contribution >= 0.6 is 0 Å². The molecule has 0 N–H and O–H groups in total. The van der Waals surface area contributed by atoms with E-state index >= 15 is 0 Å². The number of nitrogens with zero attached hydrogens (tertiary/aromatic N) is 5. The molecule has 2 aliphatic rings. The van der Waals surface area contributed by atoms with Crippen molar-refractivity contribution < 1.29 is 9.53 Å². The first-order valence-corrected chi connectivity index (χ1v) is 10.7. The maximum absolute atomic E-state index is 13.2. The van der Waals surface area contributed by atoms with Crippen LogP contribution in [0.1, 0.15) is 42.9 Å². The van der Waals surface area contributed by atoms with Gasteiger partial charge >= 0.3 is 0 Å². The zero-order valence-corrected chi connectivity index (χ0v) is 17.2. The lowest BCUT2D eigenvalue weighted by Crippen LogP contribution is -2.52. The van der Waals surface area contributed by atoms with E-state index in [1.54, 1.807) is 10.9 Å². The Morgan fingerprint density at radius 3 is 2.79 bits per heavy atom. The van der Waals surface area contributed by atoms with Crippen LogP contribution in [0, 0.1) is 0 Å². The summed E-state index contributed by atoms with van der Waals surface area (Å²) in [4.78, 5) is 21.9. The Labute approximate surface area is 172 Å². The van der Waals surface area contributed by atoms with Crippen LogP contribution in [-0.2, 0) is 23.0 Å². The van der Waals surface area contributed by atoms with Crippen molar-refractivity contribution in [3.8, 4) is 0 Å². The predicted molar refractivity (Wildman–Crippen MR) is 110 cm³/mol. The van der Waals surface area contributed by atoms with Crippen LogP contribution in [0.2, 0.25) is 0 Å². The number of morpholine rings is 1. The molecular formula is C22H31N5O2. The Morgan fingerprint density at radius 2 is 2.07 bits per heavy atom. The number of likely N-dealkylation sites (tertiary alicyclic amines) is 1. The van der Waals surface area contributed by atoms with Gasteiger partial charge in [-0.3, -0.25) is 14.5 Å². The smallest absolute Gasteiger partial charge is 0.223 e. The maximum atomic E-state index is 13.2. The third-order valence-corrected chi connectivity index (χ3v) is 5.98. The fraction of sp³-hybridized carbons (Fsp3) is 0.591. The van der Waals surface area contributed by atoms with E-state index in [2.05, 4.69) is 15.0 Å². The van der Waals surface area contributed by atoms with Crippen LogP contribution < -0.4 is 0 Å². The fourth-order valence-electron chi connectivity index (χ4n) is 4.49. The molecule has 2 aromatic rings. The van der Waals surface area contributed by atoms with E-state index in [9.17, 15) is 4.79 Å². The number of ether oxygens (including phenoxy) is 1. The minimum absolute atomic E-state index is 0.0200. The van der Waals surface area contributed by atoms with Crippen molar-refractivity contribution in [2.75, 3.05) is 32.8 Å². The molecule has 156 valence electrons. The summed E-state index contributed by atoms with van der Waals surface area (Å²) >= 11 is 0. The molecule has 29 heavy (non-hydrogen) atoms. The highest BCUT2D eigenvalue weighted by atomic mass is 16.5. The number of aryl methyl sites for hydroxylation is 2. The molecule has 2 saturated heterocycles. The maximum Gasteiger partial charge on any atom is 0.223 e. The summed E-state index contributed by atoms with van der Waals surface area (Å²) < 4.78 is 8.02. The van der Waals surface area contributed by atoms with Gasteiger partial charge in [-0.15, -0.1) is 0 Å². The quantitative estimate of drug-likeness (QED) is 0.748. The Balaban J connectivity index is 1.49. The minimum atomic E-state index is -0.0826. The standard InChI is InChI=1S/C22H31N5O2/c1-25-16-19(15-24-25)22-20(17-26-10-3-2-4-11-26)29-13-12-27(22)21(28)8-7-18-6-5-9-23-14-18/h5-6,9,14-16,20,22H,2-4,7-8,10-13,17H2,1H3/t20-,22-/m0/s1. The molecule has 1 amide bonds. The molecule has 0 saturated carbocycles. The molecule has 4 rings (SSSR count). The number of carbonyl (C=O) groups excluding carboxylic acids is 1. The molecule has 0 aromatic carbocycles. The summed E-state index contributed by atoms with van der Waals surface area (Å²) in [5.41, 5.74) is 2.15. The van der Waals surface area contributed by atoms with Gasteiger partial charge in [-0.2, -0.15) is 5.10 Å². The Kier molecular flexibility index (Phi) is 6.56. The van der Waals surface area contributed by atoms with Gasteiger partial charge in [-0.1, -0.05) is 12.5 Å². The van der Waals surface area contributed by atoms with E-state index in [0.717, 1.165) is 30.8 Å². The molecule has 2 atom stereocenters. The first-order valence-electron chi connectivity index (χ1n) is 10.7. The molecule has 0 radical (unpaired) electrons. The molecule has 0 bridgehead atoms. The van der Waals surface area contributed by atoms with Gasteiger partial charge in [-0.25, -0.2) is 0 Å². The molecule has 2 aliphatic heterocycles. The lowest BCUT2D eigenvalue weighted by molar-refractivity contribution is -0.148. The first-order chi connectivity index (χ1) is 14.2. The Bertz CT molecular complexity index is 788. The second-order valence-electron chi connectivity index (χ2n) is 8.11. The van der Waals surface area contributed by atoms with Gasteiger partial charge in [-0.05, 0) is 44.0 Å². The summed E-state index contributed by atoms with van der Waals surface area (Å²) in [5, 5.41) is 4.36. The average molecular weight is 398 g/mol. The van der Waals surface area contributed by atoms with Gasteiger partial charge in [0.1, 0.15) is 0 Å². The second-order valence-corrected chi connectivity index (χ2v) is 8.11. The van der Waals surface area contributed by atoms with Gasteiger partial charge < -0.3 is 14.5 Å². The zero-order valence-electron chi connectivity index (χ0n) is 17.2. The van der Waals surface area contributed by atoms with Crippen LogP contribution in [-0.4, -0.2) is 69.4 Å². The third kappa shape index (κ3) is 5.03. The lowest BCUT2D eigenvalue weighted by Gasteiger charge is -2.43. The van der Waals surface area contributed by atoms with Crippen LogP contribution in [0.3, 0.4) is 0 Å². The van der Waals surface area contributed by atoms with E-state index in [4.69, 9.17) is 4.74 Å². The van der Waals surface area contributed by atoms with E-state index in [0.29, 0.717) is 26.0 Å². The summed E-state index contributed by atoms with van der Waals surface area (Å²) in [5.74, 6) is 0.176. The summed E-state index contributed by atoms with van der Waals surface area (Å²) in [6, 6.07) is 3.86. The number of pyridine rings is 1. The van der Waals surface area contributed by atoms with Gasteiger partial charge in [0.15, 0.2) is 0 Å². The molecule has 0 aliphatic carbocycles. The van der Waals surface area contributed by atoms with Crippen LogP contribution in [0.5, 0.6) is 0 Å². The first kappa shape index (κ1) is 20.0. The SMILES string of the molecule is Cn1cc([C@H]2[C@H](CN3CCCCC3)OCCN2C(=O)CCc2cccnc2)cn1. The highest BCUT2D eigenvalue weighted by Crippen LogP contribution is 2.31. The van der Waals surface area contributed by atoms with Gasteiger partial charge in [0.2, 0.25) is 5.91 Å². The predicted octanol–water partition coefficient (Wildman–Crippen LogP) is 2.20. The molecule has 0 unspecified atom stereocenters. The van der Waals surface area contributed by atoms with Crippen molar-refractivity contribution >= 4 is 5.91 Å².